The van der Waals surface area contributed by atoms with Crippen molar-refractivity contribution in [1.29, 1.82) is 0 Å². The van der Waals surface area contributed by atoms with Gasteiger partial charge in [-0.1, -0.05) is 25.0 Å². The van der Waals surface area contributed by atoms with E-state index < -0.39 is 59.3 Å². The Morgan fingerprint density at radius 1 is 1.02 bits per heavy atom. The number of fused-ring (bicyclic) bond motifs is 3. The molecule has 0 radical (unpaired) electrons. The Kier molecular flexibility index (Phi) is 13.3. The number of thiazole rings is 1. The van der Waals surface area contributed by atoms with Gasteiger partial charge in [0.05, 0.1) is 24.9 Å². The number of carbonyl (C=O) groups excluding carboxylic acids is 4. The van der Waals surface area contributed by atoms with Crippen LogP contribution in [0, 0.1) is 5.92 Å². The van der Waals surface area contributed by atoms with Crippen LogP contribution in [0.15, 0.2) is 41.8 Å². The van der Waals surface area contributed by atoms with Gasteiger partial charge in [-0.3, -0.25) is 14.5 Å². The van der Waals surface area contributed by atoms with Gasteiger partial charge in [-0.05, 0) is 98.1 Å². The van der Waals surface area contributed by atoms with Crippen molar-refractivity contribution in [3.63, 3.8) is 0 Å². The summed E-state index contributed by atoms with van der Waals surface area (Å²) in [6.45, 7) is 9.14. The lowest BCUT2D eigenvalue weighted by Gasteiger charge is -2.29. The minimum atomic E-state index is -1.49. The SMILES string of the molecule is COc1ccc2c(O[C@@H]3CC4C(=O)N[C@]5(C(=O)O)C[C@H]5C=CCCCCC[C@H](NC(=O)OC5CCCC5)C(=O)N4C3)cc(-c3csc(N(C(=O)OC(C)(C)C)C(C)C)n3)nc2c1. The quantitative estimate of drug-likeness (QED) is 0.181. The summed E-state index contributed by atoms with van der Waals surface area (Å²) in [6, 6.07) is 4.76. The topological polar surface area (TPSA) is 199 Å². The van der Waals surface area contributed by atoms with Crippen molar-refractivity contribution >= 4 is 57.3 Å². The van der Waals surface area contributed by atoms with Gasteiger partial charge in [-0.15, -0.1) is 11.3 Å². The predicted octanol–water partition coefficient (Wildman–Crippen LogP) is 7.38. The molecule has 1 unspecified atom stereocenters. The smallest absolute Gasteiger partial charge is 0.416 e. The maximum absolute atomic E-state index is 14.7. The Morgan fingerprint density at radius 3 is 2.48 bits per heavy atom. The van der Waals surface area contributed by atoms with Crippen molar-refractivity contribution in [2.24, 2.45) is 5.92 Å². The highest BCUT2D eigenvalue weighted by molar-refractivity contribution is 7.14. The normalized spacial score (nSPS) is 24.7. The summed E-state index contributed by atoms with van der Waals surface area (Å²) in [4.78, 5) is 80.7. The van der Waals surface area contributed by atoms with Crippen LogP contribution in [0.4, 0.5) is 14.7 Å². The van der Waals surface area contributed by atoms with Crippen LogP contribution >= 0.6 is 11.3 Å². The number of aliphatic carboxylic acids is 1. The van der Waals surface area contributed by atoms with E-state index in [-0.39, 0.29) is 37.5 Å². The highest BCUT2D eigenvalue weighted by Crippen LogP contribution is 2.46. The minimum Gasteiger partial charge on any atom is -0.497 e. The molecule has 17 heteroatoms. The molecule has 62 heavy (non-hydrogen) atoms. The molecule has 16 nitrogen and oxygen atoms in total. The van der Waals surface area contributed by atoms with Gasteiger partial charge in [-0.25, -0.2) is 24.4 Å². The van der Waals surface area contributed by atoms with Crippen LogP contribution in [0.25, 0.3) is 22.3 Å². The number of allylic oxidation sites excluding steroid dienone is 1. The molecule has 2 aliphatic heterocycles. The lowest BCUT2D eigenvalue weighted by Crippen LogP contribution is -2.56. The Balaban J connectivity index is 1.21. The molecular formula is C45H58N6O10S. The van der Waals surface area contributed by atoms with Crippen molar-refractivity contribution < 1.29 is 48.0 Å². The molecule has 7 rings (SSSR count). The molecule has 4 aliphatic rings. The number of nitrogens with zero attached hydrogens (tertiary/aromatic N) is 4. The first-order valence-electron chi connectivity index (χ1n) is 21.7. The molecule has 3 fully saturated rings. The van der Waals surface area contributed by atoms with Gasteiger partial charge in [0.2, 0.25) is 11.8 Å². The molecule has 0 bridgehead atoms. The molecule has 2 aromatic heterocycles. The number of carboxylic acids is 1. The van der Waals surface area contributed by atoms with Crippen LogP contribution in [0.1, 0.15) is 105 Å². The van der Waals surface area contributed by atoms with E-state index in [2.05, 4.69) is 10.6 Å². The average molecular weight is 875 g/mol. The summed E-state index contributed by atoms with van der Waals surface area (Å²) in [5, 5.41) is 18.8. The zero-order valence-electron chi connectivity index (χ0n) is 36.3. The van der Waals surface area contributed by atoms with Crippen LogP contribution in [0.2, 0.25) is 0 Å². The van der Waals surface area contributed by atoms with E-state index in [4.69, 9.17) is 28.9 Å². The molecule has 3 N–H and O–H groups in total. The zero-order chi connectivity index (χ0) is 44.3. The fourth-order valence-corrected chi connectivity index (χ4v) is 9.45. The van der Waals surface area contributed by atoms with Gasteiger partial charge < -0.3 is 39.6 Å². The summed E-state index contributed by atoms with van der Waals surface area (Å²) < 4.78 is 23.7. The molecule has 2 saturated carbocycles. The second kappa shape index (κ2) is 18.5. The highest BCUT2D eigenvalue weighted by atomic mass is 32.1. The second-order valence-electron chi connectivity index (χ2n) is 18.0. The molecule has 334 valence electrons. The van der Waals surface area contributed by atoms with Crippen LogP contribution in [0.5, 0.6) is 11.5 Å². The molecule has 1 saturated heterocycles. The van der Waals surface area contributed by atoms with E-state index >= 15 is 0 Å². The van der Waals surface area contributed by atoms with Crippen molar-refractivity contribution in [3.8, 4) is 22.9 Å². The maximum atomic E-state index is 14.7. The molecule has 5 atom stereocenters. The molecular weight excluding hydrogens is 817 g/mol. The number of carboxylic acid groups (broad SMARTS) is 1. The van der Waals surface area contributed by atoms with E-state index in [1.807, 2.05) is 32.1 Å². The van der Waals surface area contributed by atoms with Crippen molar-refractivity contribution in [2.75, 3.05) is 18.6 Å². The number of hydrogen-bond acceptors (Lipinski definition) is 12. The third-order valence-corrected chi connectivity index (χ3v) is 12.7. The number of anilines is 1. The number of aromatic nitrogens is 2. The van der Waals surface area contributed by atoms with Gasteiger partial charge in [0.25, 0.3) is 0 Å². The Labute approximate surface area is 365 Å². The van der Waals surface area contributed by atoms with E-state index in [0.29, 0.717) is 51.8 Å². The molecule has 4 heterocycles. The maximum Gasteiger partial charge on any atom is 0.416 e. The average Bonchev–Trinajstić information content (AvgIpc) is 3.65. The first-order chi connectivity index (χ1) is 29.5. The third kappa shape index (κ3) is 10.1. The summed E-state index contributed by atoms with van der Waals surface area (Å²) in [6.07, 6.45) is 8.75. The predicted molar refractivity (Wildman–Crippen MR) is 232 cm³/mol. The fraction of sp³-hybridized carbons (Fsp3) is 0.578. The first kappa shape index (κ1) is 44.6. The summed E-state index contributed by atoms with van der Waals surface area (Å²) in [5.41, 5.74) is -0.745. The van der Waals surface area contributed by atoms with E-state index in [0.717, 1.165) is 44.9 Å². The number of ether oxygens (including phenoxy) is 4. The second-order valence-corrected chi connectivity index (χ2v) is 18.8. The molecule has 3 aromatic rings. The molecule has 0 spiro atoms. The number of rotatable bonds is 9. The fourth-order valence-electron chi connectivity index (χ4n) is 8.51. The first-order valence-corrected chi connectivity index (χ1v) is 22.6. The van der Waals surface area contributed by atoms with Gasteiger partial charge >= 0.3 is 18.2 Å². The third-order valence-electron chi connectivity index (χ3n) is 11.8. The standard InChI is InChI=1S/C45H58N6O10S/c1-26(2)51(43(57)61-44(3,4)5)41-47-35(25-62-41)34-22-37(31-19-18-29(58-6)20-33(31)46-34)59-30-21-36-38(52)49-45(40(54)55)23-27(45)14-10-8-7-9-11-17-32(39(53)50(36)24-30)48-42(56)60-28-15-12-13-16-28/h10,14,18-20,22,25-28,30,32,36H,7-9,11-13,15-17,21,23-24H2,1-6H3,(H,48,56)(H,49,52)(H,54,55)/t27-,30-,32+,36?,45-/m1/s1. The number of carbonyl (C=O) groups is 5. The van der Waals surface area contributed by atoms with Crippen LogP contribution in [-0.4, -0.2) is 105 Å². The number of amides is 4. The summed E-state index contributed by atoms with van der Waals surface area (Å²) in [5.74, 6) is -1.63. The van der Waals surface area contributed by atoms with E-state index in [9.17, 15) is 29.1 Å². The number of alkyl carbamates (subject to hydrolysis) is 1. The van der Waals surface area contributed by atoms with Crippen molar-refractivity contribution in [3.05, 3.63) is 41.8 Å². The lowest BCUT2D eigenvalue weighted by molar-refractivity contribution is -0.145. The summed E-state index contributed by atoms with van der Waals surface area (Å²) in [7, 11) is 1.55. The van der Waals surface area contributed by atoms with Crippen LogP contribution in [-0.2, 0) is 23.9 Å². The van der Waals surface area contributed by atoms with Crippen molar-refractivity contribution in [1.82, 2.24) is 25.5 Å². The van der Waals surface area contributed by atoms with Crippen LogP contribution in [0.3, 0.4) is 0 Å². The summed E-state index contributed by atoms with van der Waals surface area (Å²) >= 11 is 1.27. The Bertz CT molecular complexity index is 2200. The lowest BCUT2D eigenvalue weighted by atomic mass is 10.0. The van der Waals surface area contributed by atoms with Gasteiger partial charge in [0, 0.05) is 41.3 Å². The van der Waals surface area contributed by atoms with Crippen molar-refractivity contribution in [2.45, 2.75) is 147 Å². The van der Waals surface area contributed by atoms with E-state index in [1.54, 1.807) is 51.5 Å². The number of hydrogen-bond donors (Lipinski definition) is 3. The van der Waals surface area contributed by atoms with E-state index in [1.165, 1.54) is 21.1 Å². The molecule has 1 aromatic carbocycles. The minimum absolute atomic E-state index is 0.0223. The number of pyridine rings is 1. The zero-order valence-corrected chi connectivity index (χ0v) is 37.1. The van der Waals surface area contributed by atoms with Crippen LogP contribution < -0.4 is 25.0 Å². The number of methoxy groups -OCH3 is 1. The number of benzene rings is 1. The molecule has 4 amide bonds. The Morgan fingerprint density at radius 2 is 1.77 bits per heavy atom. The Hall–Kier alpha value is -5.45. The van der Waals surface area contributed by atoms with Gasteiger partial charge in [-0.2, -0.15) is 0 Å². The highest BCUT2D eigenvalue weighted by Gasteiger charge is 2.61. The van der Waals surface area contributed by atoms with Gasteiger partial charge in [0.15, 0.2) is 5.13 Å². The molecule has 2 aliphatic carbocycles. The van der Waals surface area contributed by atoms with Gasteiger partial charge in [0.1, 0.15) is 52.6 Å². The largest absolute Gasteiger partial charge is 0.497 e. The number of nitrogens with one attached hydrogen (secondary N) is 2. The monoisotopic (exact) mass is 874 g/mol.